The van der Waals surface area contributed by atoms with Gasteiger partial charge in [0.2, 0.25) is 0 Å². The van der Waals surface area contributed by atoms with E-state index in [9.17, 15) is 9.59 Å². The fraction of sp³-hybridized carbons (Fsp3) is 0.778. The lowest BCUT2D eigenvalue weighted by molar-refractivity contribution is -0.146. The van der Waals surface area contributed by atoms with Gasteiger partial charge in [-0.2, -0.15) is 0 Å². The Morgan fingerprint density at radius 1 is 1.57 bits per heavy atom. The SMILES string of the molecule is COC(=O)[C@@H]1[C@@H](C(C)C)OC(=O)N1C. The van der Waals surface area contributed by atoms with Crippen LogP contribution in [-0.2, 0) is 14.3 Å². The summed E-state index contributed by atoms with van der Waals surface area (Å²) in [7, 11) is 2.84. The van der Waals surface area contributed by atoms with Crippen molar-refractivity contribution in [2.75, 3.05) is 14.2 Å². The summed E-state index contributed by atoms with van der Waals surface area (Å²) in [6.07, 6.45) is -0.890. The Hall–Kier alpha value is -1.26. The predicted molar refractivity (Wildman–Crippen MR) is 48.7 cm³/mol. The Balaban J connectivity index is 2.86. The normalized spacial score (nSPS) is 26.6. The summed E-state index contributed by atoms with van der Waals surface area (Å²) in [5, 5.41) is 0. The van der Waals surface area contributed by atoms with Crippen molar-refractivity contribution in [3.63, 3.8) is 0 Å². The first-order valence-electron chi connectivity index (χ1n) is 4.50. The number of amides is 1. The second-order valence-corrected chi connectivity index (χ2v) is 3.67. The van der Waals surface area contributed by atoms with Gasteiger partial charge >= 0.3 is 12.1 Å². The van der Waals surface area contributed by atoms with Crippen LogP contribution in [0.3, 0.4) is 0 Å². The molecule has 1 saturated heterocycles. The maximum absolute atomic E-state index is 11.4. The molecule has 80 valence electrons. The average Bonchev–Trinajstić information content (AvgIpc) is 2.43. The summed E-state index contributed by atoms with van der Waals surface area (Å²) in [6, 6.07) is -0.618. The summed E-state index contributed by atoms with van der Waals surface area (Å²) in [5.41, 5.74) is 0. The van der Waals surface area contributed by atoms with Gasteiger partial charge in [0, 0.05) is 7.05 Å². The highest BCUT2D eigenvalue weighted by molar-refractivity contribution is 5.84. The summed E-state index contributed by atoms with van der Waals surface area (Å²) < 4.78 is 9.68. The van der Waals surface area contributed by atoms with Crippen molar-refractivity contribution in [1.82, 2.24) is 4.90 Å². The number of rotatable bonds is 2. The van der Waals surface area contributed by atoms with Crippen molar-refractivity contribution in [3.05, 3.63) is 0 Å². The molecule has 0 spiro atoms. The average molecular weight is 201 g/mol. The van der Waals surface area contributed by atoms with Gasteiger partial charge in [-0.1, -0.05) is 13.8 Å². The third-order valence-corrected chi connectivity index (χ3v) is 2.35. The van der Waals surface area contributed by atoms with Gasteiger partial charge in [0.25, 0.3) is 0 Å². The minimum atomic E-state index is -0.618. The van der Waals surface area contributed by atoms with Crippen LogP contribution in [0.2, 0.25) is 0 Å². The molecule has 0 N–H and O–H groups in total. The van der Waals surface area contributed by atoms with Crippen molar-refractivity contribution < 1.29 is 19.1 Å². The molecular formula is C9H15NO4. The molecule has 1 aliphatic heterocycles. The standard InChI is InChI=1S/C9H15NO4/c1-5(2)7-6(8(11)13-4)10(3)9(12)14-7/h5-7H,1-4H3/t6-,7+/m0/s1. The molecule has 1 amide bonds. The lowest BCUT2D eigenvalue weighted by Gasteiger charge is -2.20. The highest BCUT2D eigenvalue weighted by Gasteiger charge is 2.46. The van der Waals surface area contributed by atoms with E-state index in [0.717, 1.165) is 0 Å². The van der Waals surface area contributed by atoms with Crippen molar-refractivity contribution in [3.8, 4) is 0 Å². The highest BCUT2D eigenvalue weighted by Crippen LogP contribution is 2.24. The fourth-order valence-electron chi connectivity index (χ4n) is 1.51. The number of nitrogens with zero attached hydrogens (tertiary/aromatic N) is 1. The number of carbonyl (C=O) groups is 2. The lowest BCUT2D eigenvalue weighted by Crippen LogP contribution is -2.43. The van der Waals surface area contributed by atoms with Crippen LogP contribution in [0, 0.1) is 5.92 Å². The molecule has 0 saturated carbocycles. The Labute approximate surface area is 83.0 Å². The van der Waals surface area contributed by atoms with Crippen LogP contribution >= 0.6 is 0 Å². The molecule has 0 aromatic heterocycles. The molecule has 1 fully saturated rings. The molecule has 0 bridgehead atoms. The lowest BCUT2D eigenvalue weighted by atomic mass is 10.00. The monoisotopic (exact) mass is 201 g/mol. The summed E-state index contributed by atoms with van der Waals surface area (Å²) in [5.74, 6) is -0.343. The van der Waals surface area contributed by atoms with E-state index in [-0.39, 0.29) is 5.92 Å². The van der Waals surface area contributed by atoms with Crippen molar-refractivity contribution in [2.45, 2.75) is 26.0 Å². The van der Waals surface area contributed by atoms with Crippen molar-refractivity contribution >= 4 is 12.1 Å². The van der Waals surface area contributed by atoms with Crippen molar-refractivity contribution in [1.29, 1.82) is 0 Å². The van der Waals surface area contributed by atoms with E-state index in [1.807, 2.05) is 13.8 Å². The third kappa shape index (κ3) is 1.66. The zero-order chi connectivity index (χ0) is 10.9. The van der Waals surface area contributed by atoms with Gasteiger partial charge in [0.1, 0.15) is 6.10 Å². The van der Waals surface area contributed by atoms with Gasteiger partial charge in [0.15, 0.2) is 6.04 Å². The molecule has 0 radical (unpaired) electrons. The van der Waals surface area contributed by atoms with Gasteiger partial charge in [-0.05, 0) is 5.92 Å². The van der Waals surface area contributed by atoms with Gasteiger partial charge in [-0.15, -0.1) is 0 Å². The number of hydrogen-bond acceptors (Lipinski definition) is 4. The second-order valence-electron chi connectivity index (χ2n) is 3.67. The number of hydrogen-bond donors (Lipinski definition) is 0. The van der Waals surface area contributed by atoms with Gasteiger partial charge in [-0.3, -0.25) is 4.90 Å². The predicted octanol–water partition coefficient (Wildman–Crippen LogP) is 0.635. The van der Waals surface area contributed by atoms with Crippen molar-refractivity contribution in [2.24, 2.45) is 5.92 Å². The van der Waals surface area contributed by atoms with Crippen LogP contribution in [0.15, 0.2) is 0 Å². The van der Waals surface area contributed by atoms with Crippen LogP contribution in [-0.4, -0.2) is 43.3 Å². The van der Waals surface area contributed by atoms with Crippen LogP contribution in [0.25, 0.3) is 0 Å². The minimum Gasteiger partial charge on any atom is -0.467 e. The first-order chi connectivity index (χ1) is 6.49. The maximum atomic E-state index is 11.4. The van der Waals surface area contributed by atoms with E-state index >= 15 is 0 Å². The Bertz CT molecular complexity index is 251. The number of esters is 1. The molecule has 5 heteroatoms. The number of ether oxygens (including phenoxy) is 2. The molecule has 0 unspecified atom stereocenters. The minimum absolute atomic E-state index is 0.0907. The van der Waals surface area contributed by atoms with E-state index in [2.05, 4.69) is 4.74 Å². The van der Waals surface area contributed by atoms with Gasteiger partial charge in [0.05, 0.1) is 7.11 Å². The molecule has 1 heterocycles. The maximum Gasteiger partial charge on any atom is 0.410 e. The molecule has 5 nitrogen and oxygen atoms in total. The zero-order valence-corrected chi connectivity index (χ0v) is 8.81. The van der Waals surface area contributed by atoms with E-state index in [4.69, 9.17) is 4.74 Å². The Morgan fingerprint density at radius 2 is 2.14 bits per heavy atom. The topological polar surface area (TPSA) is 55.8 Å². The van der Waals surface area contributed by atoms with E-state index in [1.165, 1.54) is 19.1 Å². The van der Waals surface area contributed by atoms with Crippen LogP contribution in [0.4, 0.5) is 4.79 Å². The molecule has 0 aromatic rings. The van der Waals surface area contributed by atoms with E-state index in [0.29, 0.717) is 0 Å². The number of cyclic esters (lactones) is 1. The van der Waals surface area contributed by atoms with Crippen LogP contribution in [0.1, 0.15) is 13.8 Å². The van der Waals surface area contributed by atoms with E-state index in [1.54, 1.807) is 0 Å². The Kier molecular flexibility index (Phi) is 2.98. The second kappa shape index (κ2) is 3.86. The Morgan fingerprint density at radius 3 is 2.57 bits per heavy atom. The molecule has 0 aromatic carbocycles. The first-order valence-corrected chi connectivity index (χ1v) is 4.50. The highest BCUT2D eigenvalue weighted by atomic mass is 16.6. The number of likely N-dealkylation sites (N-methyl/N-ethyl adjacent to an activating group) is 1. The fourth-order valence-corrected chi connectivity index (χ4v) is 1.51. The van der Waals surface area contributed by atoms with Crippen LogP contribution < -0.4 is 0 Å². The van der Waals surface area contributed by atoms with Gasteiger partial charge < -0.3 is 9.47 Å². The van der Waals surface area contributed by atoms with E-state index < -0.39 is 24.2 Å². The molecule has 1 aliphatic rings. The van der Waals surface area contributed by atoms with Crippen LogP contribution in [0.5, 0.6) is 0 Å². The summed E-state index contributed by atoms with van der Waals surface area (Å²) >= 11 is 0. The third-order valence-electron chi connectivity index (χ3n) is 2.35. The number of carbonyl (C=O) groups excluding carboxylic acids is 2. The molecule has 14 heavy (non-hydrogen) atoms. The molecule has 2 atom stereocenters. The molecular weight excluding hydrogens is 186 g/mol. The molecule has 1 rings (SSSR count). The zero-order valence-electron chi connectivity index (χ0n) is 8.81. The quantitative estimate of drug-likeness (QED) is 0.615. The smallest absolute Gasteiger partial charge is 0.410 e. The largest absolute Gasteiger partial charge is 0.467 e. The first kappa shape index (κ1) is 10.8. The summed E-state index contributed by atoms with van der Waals surface area (Å²) in [6.45, 7) is 3.79. The summed E-state index contributed by atoms with van der Waals surface area (Å²) in [4.78, 5) is 23.9. The number of methoxy groups -OCH3 is 1. The molecule has 0 aliphatic carbocycles. The van der Waals surface area contributed by atoms with Gasteiger partial charge in [-0.25, -0.2) is 9.59 Å².